The summed E-state index contributed by atoms with van der Waals surface area (Å²) in [4.78, 5) is 27.3. The van der Waals surface area contributed by atoms with Crippen LogP contribution in [0.1, 0.15) is 10.4 Å². The Kier molecular flexibility index (Phi) is 4.63. The van der Waals surface area contributed by atoms with E-state index < -0.39 is 6.10 Å². The van der Waals surface area contributed by atoms with Crippen molar-refractivity contribution in [2.24, 2.45) is 0 Å². The maximum absolute atomic E-state index is 13.5. The standard InChI is InChI=1S/C24H19N3O4/c1-25-23(28)21-14-27(19-9-5-6-10-20(19)30-21)24(29)16-11-12-18-17(13-16)22(31-26-18)15-7-3-2-4-8-15/h2-13,21H,14H2,1H3,(H,25,28)/t21-/m0/s1. The van der Waals surface area contributed by atoms with Gasteiger partial charge in [0.15, 0.2) is 11.9 Å². The van der Waals surface area contributed by atoms with E-state index in [1.54, 1.807) is 42.3 Å². The van der Waals surface area contributed by atoms with Gasteiger partial charge in [0.25, 0.3) is 11.8 Å². The van der Waals surface area contributed by atoms with Gasteiger partial charge in [-0.15, -0.1) is 0 Å². The molecule has 1 aromatic heterocycles. The molecule has 0 fully saturated rings. The summed E-state index contributed by atoms with van der Waals surface area (Å²) < 4.78 is 11.4. The fourth-order valence-electron chi connectivity index (χ4n) is 3.75. The van der Waals surface area contributed by atoms with Crippen LogP contribution >= 0.6 is 0 Å². The smallest absolute Gasteiger partial charge is 0.262 e. The van der Waals surface area contributed by atoms with Gasteiger partial charge in [-0.3, -0.25) is 9.59 Å². The maximum atomic E-state index is 13.5. The van der Waals surface area contributed by atoms with Crippen LogP contribution < -0.4 is 15.0 Å². The highest BCUT2D eigenvalue weighted by molar-refractivity contribution is 6.10. The van der Waals surface area contributed by atoms with E-state index in [1.807, 2.05) is 42.5 Å². The Morgan fingerprint density at radius 3 is 2.61 bits per heavy atom. The van der Waals surface area contributed by atoms with Gasteiger partial charge in [-0.05, 0) is 30.3 Å². The molecule has 0 spiro atoms. The highest BCUT2D eigenvalue weighted by Crippen LogP contribution is 2.35. The van der Waals surface area contributed by atoms with Crippen LogP contribution in [0, 0.1) is 0 Å². The molecule has 1 N–H and O–H groups in total. The van der Waals surface area contributed by atoms with Crippen LogP contribution in [0.15, 0.2) is 77.3 Å². The summed E-state index contributed by atoms with van der Waals surface area (Å²) in [6.45, 7) is 0.114. The Morgan fingerprint density at radius 1 is 1.03 bits per heavy atom. The van der Waals surface area contributed by atoms with Crippen molar-refractivity contribution in [1.82, 2.24) is 10.5 Å². The van der Waals surface area contributed by atoms with Crippen molar-refractivity contribution in [2.45, 2.75) is 6.10 Å². The third-order valence-electron chi connectivity index (χ3n) is 5.32. The van der Waals surface area contributed by atoms with Crippen LogP contribution in [0.2, 0.25) is 0 Å². The number of carbonyl (C=O) groups is 2. The minimum atomic E-state index is -0.789. The lowest BCUT2D eigenvalue weighted by molar-refractivity contribution is -0.127. The molecule has 5 rings (SSSR count). The van der Waals surface area contributed by atoms with E-state index in [2.05, 4.69) is 10.5 Å². The number of ether oxygens (including phenoxy) is 1. The zero-order valence-corrected chi connectivity index (χ0v) is 16.7. The second-order valence-corrected chi connectivity index (χ2v) is 7.21. The highest BCUT2D eigenvalue weighted by Gasteiger charge is 2.34. The Balaban J connectivity index is 1.56. The molecule has 1 aliphatic heterocycles. The number of benzene rings is 3. The molecule has 2 heterocycles. The van der Waals surface area contributed by atoms with Gasteiger partial charge in [0.1, 0.15) is 11.3 Å². The molecule has 3 aromatic carbocycles. The third kappa shape index (κ3) is 3.30. The fraction of sp³-hybridized carbons (Fsp3) is 0.125. The lowest BCUT2D eigenvalue weighted by atomic mass is 10.0. The van der Waals surface area contributed by atoms with Crippen molar-refractivity contribution < 1.29 is 18.8 Å². The van der Waals surface area contributed by atoms with Gasteiger partial charge in [-0.25, -0.2) is 0 Å². The molecular weight excluding hydrogens is 394 g/mol. The number of para-hydroxylation sites is 2. The van der Waals surface area contributed by atoms with Crippen molar-refractivity contribution in [3.63, 3.8) is 0 Å². The molecule has 0 radical (unpaired) electrons. The Bertz CT molecular complexity index is 1280. The number of aromatic nitrogens is 1. The Labute approximate surface area is 178 Å². The first-order chi connectivity index (χ1) is 15.2. The van der Waals surface area contributed by atoms with Gasteiger partial charge in [0, 0.05) is 18.2 Å². The van der Waals surface area contributed by atoms with Crippen LogP contribution in [0.4, 0.5) is 5.69 Å². The van der Waals surface area contributed by atoms with Crippen molar-refractivity contribution in [2.75, 3.05) is 18.5 Å². The molecule has 154 valence electrons. The van der Waals surface area contributed by atoms with E-state index in [0.717, 1.165) is 10.9 Å². The molecule has 7 nitrogen and oxygen atoms in total. The van der Waals surface area contributed by atoms with Gasteiger partial charge in [-0.2, -0.15) is 0 Å². The van der Waals surface area contributed by atoms with Gasteiger partial charge in [-0.1, -0.05) is 47.6 Å². The zero-order valence-electron chi connectivity index (χ0n) is 16.7. The number of rotatable bonds is 3. The van der Waals surface area contributed by atoms with Crippen LogP contribution in [0.5, 0.6) is 5.75 Å². The van der Waals surface area contributed by atoms with Crippen LogP contribution in [0.25, 0.3) is 22.2 Å². The van der Waals surface area contributed by atoms with Crippen LogP contribution in [-0.4, -0.2) is 36.7 Å². The molecule has 0 saturated carbocycles. The molecule has 1 aliphatic rings. The van der Waals surface area contributed by atoms with Crippen LogP contribution in [-0.2, 0) is 4.79 Å². The van der Waals surface area contributed by atoms with Crippen molar-refractivity contribution in [3.05, 3.63) is 78.4 Å². The maximum Gasteiger partial charge on any atom is 0.262 e. The monoisotopic (exact) mass is 413 g/mol. The molecule has 0 saturated heterocycles. The fourth-order valence-corrected chi connectivity index (χ4v) is 3.75. The number of amides is 2. The number of carbonyl (C=O) groups excluding carboxylic acids is 2. The lowest BCUT2D eigenvalue weighted by Crippen LogP contribution is -2.50. The summed E-state index contributed by atoms with van der Waals surface area (Å²) in [6.07, 6.45) is -0.789. The molecule has 2 amide bonds. The number of fused-ring (bicyclic) bond motifs is 2. The zero-order chi connectivity index (χ0) is 21.4. The predicted octanol–water partition coefficient (Wildman–Crippen LogP) is 3.65. The van der Waals surface area contributed by atoms with E-state index in [4.69, 9.17) is 9.26 Å². The third-order valence-corrected chi connectivity index (χ3v) is 5.32. The van der Waals surface area contributed by atoms with Gasteiger partial charge >= 0.3 is 0 Å². The van der Waals surface area contributed by atoms with E-state index in [9.17, 15) is 9.59 Å². The molecule has 4 aromatic rings. The van der Waals surface area contributed by atoms with Crippen molar-refractivity contribution in [1.29, 1.82) is 0 Å². The highest BCUT2D eigenvalue weighted by atomic mass is 16.5. The second kappa shape index (κ2) is 7.60. The summed E-state index contributed by atoms with van der Waals surface area (Å²) in [5.41, 5.74) is 2.65. The summed E-state index contributed by atoms with van der Waals surface area (Å²) >= 11 is 0. The number of nitrogens with one attached hydrogen (secondary N) is 1. The first-order valence-corrected chi connectivity index (χ1v) is 9.89. The summed E-state index contributed by atoms with van der Waals surface area (Å²) in [5.74, 6) is 0.586. The van der Waals surface area contributed by atoms with Gasteiger partial charge < -0.3 is 19.5 Å². The molecular formula is C24H19N3O4. The molecule has 1 atom stereocenters. The average Bonchev–Trinajstić information content (AvgIpc) is 3.26. The van der Waals surface area contributed by atoms with E-state index in [-0.39, 0.29) is 18.4 Å². The number of likely N-dealkylation sites (N-methyl/N-ethyl adjacent to an activating group) is 1. The molecule has 0 bridgehead atoms. The van der Waals surface area contributed by atoms with Crippen LogP contribution in [0.3, 0.4) is 0 Å². The minimum Gasteiger partial charge on any atom is -0.477 e. The Morgan fingerprint density at radius 2 is 1.81 bits per heavy atom. The molecule has 0 aliphatic carbocycles. The Hall–Kier alpha value is -4.13. The molecule has 31 heavy (non-hydrogen) atoms. The summed E-state index contributed by atoms with van der Waals surface area (Å²) in [7, 11) is 1.54. The number of anilines is 1. The average molecular weight is 413 g/mol. The number of hydrogen-bond acceptors (Lipinski definition) is 5. The van der Waals surface area contributed by atoms with Crippen molar-refractivity contribution in [3.8, 4) is 17.1 Å². The SMILES string of the molecule is CNC(=O)[C@@H]1CN(C(=O)c2ccc3noc(-c4ccccc4)c3c2)c2ccccc2O1. The summed E-state index contributed by atoms with van der Waals surface area (Å²) in [6, 6.07) is 22.1. The normalized spacial score (nSPS) is 15.3. The topological polar surface area (TPSA) is 84.7 Å². The van der Waals surface area contributed by atoms with Gasteiger partial charge in [0.2, 0.25) is 0 Å². The van der Waals surface area contributed by atoms with E-state index in [0.29, 0.717) is 28.3 Å². The largest absolute Gasteiger partial charge is 0.477 e. The van der Waals surface area contributed by atoms with Crippen molar-refractivity contribution >= 4 is 28.4 Å². The number of hydrogen-bond donors (Lipinski definition) is 1. The quantitative estimate of drug-likeness (QED) is 0.554. The van der Waals surface area contributed by atoms with E-state index >= 15 is 0 Å². The lowest BCUT2D eigenvalue weighted by Gasteiger charge is -2.34. The van der Waals surface area contributed by atoms with E-state index in [1.165, 1.54) is 0 Å². The molecule has 0 unspecified atom stereocenters. The first kappa shape index (κ1) is 18.9. The predicted molar refractivity (Wildman–Crippen MR) is 116 cm³/mol. The second-order valence-electron chi connectivity index (χ2n) is 7.21. The molecule has 7 heteroatoms. The summed E-state index contributed by atoms with van der Waals surface area (Å²) in [5, 5.41) is 7.46. The number of nitrogens with zero attached hydrogens (tertiary/aromatic N) is 2. The van der Waals surface area contributed by atoms with Gasteiger partial charge in [0.05, 0.1) is 17.6 Å². The first-order valence-electron chi connectivity index (χ1n) is 9.89. The minimum absolute atomic E-state index is 0.114.